The topological polar surface area (TPSA) is 76.0 Å². The number of hydrogen-bond donors (Lipinski definition) is 2. The Labute approximate surface area is 114 Å². The fraction of sp³-hybridized carbons (Fsp3) is 0.462. The van der Waals surface area contributed by atoms with Crippen molar-refractivity contribution in [3.8, 4) is 0 Å². The van der Waals surface area contributed by atoms with Gasteiger partial charge in [0.2, 0.25) is 0 Å². The molecule has 0 saturated carbocycles. The summed E-state index contributed by atoms with van der Waals surface area (Å²) in [5.74, 6) is -0.285. The predicted molar refractivity (Wildman–Crippen MR) is 72.2 cm³/mol. The molecule has 0 radical (unpaired) electrons. The second kappa shape index (κ2) is 6.96. The summed E-state index contributed by atoms with van der Waals surface area (Å²) in [6, 6.07) is 7.46. The largest absolute Gasteiger partial charge is 0.469 e. The minimum atomic E-state index is -2.38. The molecule has 106 valence electrons. The molecule has 0 atom stereocenters. The van der Waals surface area contributed by atoms with E-state index in [4.69, 9.17) is 19.0 Å². The third-order valence-electron chi connectivity index (χ3n) is 2.90. The van der Waals surface area contributed by atoms with Crippen molar-refractivity contribution in [2.24, 2.45) is 0 Å². The first-order valence-electron chi connectivity index (χ1n) is 5.83. The maximum Gasteiger partial charge on any atom is 0.327 e. The van der Waals surface area contributed by atoms with E-state index in [1.165, 1.54) is 7.11 Å². The van der Waals surface area contributed by atoms with E-state index in [1.807, 2.05) is 38.1 Å². The maximum absolute atomic E-state index is 11.4. The highest BCUT2D eigenvalue weighted by molar-refractivity contribution is 7.39. The monoisotopic (exact) mass is 286 g/mol. The standard InChI is InChI=1S/C13H19O5P/c1-13(2,8-12(14)17-3)11-7-5-4-6-10(11)9-18-19(15)16/h4-7,15-16H,8-9H2,1-3H3. The van der Waals surface area contributed by atoms with Crippen molar-refractivity contribution in [1.29, 1.82) is 0 Å². The summed E-state index contributed by atoms with van der Waals surface area (Å²) in [5.41, 5.74) is 1.34. The van der Waals surface area contributed by atoms with Gasteiger partial charge in [-0.2, -0.15) is 0 Å². The SMILES string of the molecule is COC(=O)CC(C)(C)c1ccccc1COP(O)O. The van der Waals surface area contributed by atoms with Gasteiger partial charge in [-0.25, -0.2) is 0 Å². The van der Waals surface area contributed by atoms with Gasteiger partial charge >= 0.3 is 14.6 Å². The number of carbonyl (C=O) groups excluding carboxylic acids is 1. The lowest BCUT2D eigenvalue weighted by Gasteiger charge is -2.26. The zero-order valence-corrected chi connectivity index (χ0v) is 12.2. The molecule has 0 aliphatic carbocycles. The molecule has 5 nitrogen and oxygen atoms in total. The van der Waals surface area contributed by atoms with E-state index in [9.17, 15) is 4.79 Å². The first-order valence-corrected chi connectivity index (χ1v) is 6.99. The molecule has 0 unspecified atom stereocenters. The Morgan fingerprint density at radius 3 is 2.53 bits per heavy atom. The van der Waals surface area contributed by atoms with Gasteiger partial charge in [0.25, 0.3) is 0 Å². The number of methoxy groups -OCH3 is 1. The van der Waals surface area contributed by atoms with Gasteiger partial charge in [0.1, 0.15) is 0 Å². The summed E-state index contributed by atoms with van der Waals surface area (Å²) < 4.78 is 9.55. The van der Waals surface area contributed by atoms with Crippen LogP contribution in [0.25, 0.3) is 0 Å². The molecule has 0 spiro atoms. The van der Waals surface area contributed by atoms with Gasteiger partial charge in [0.15, 0.2) is 0 Å². The summed E-state index contributed by atoms with van der Waals surface area (Å²) >= 11 is 0. The Kier molecular flexibility index (Phi) is 5.88. The van der Waals surface area contributed by atoms with Crippen LogP contribution in [0.3, 0.4) is 0 Å². The van der Waals surface area contributed by atoms with Crippen molar-refractivity contribution in [1.82, 2.24) is 0 Å². The van der Waals surface area contributed by atoms with E-state index in [2.05, 4.69) is 0 Å². The lowest BCUT2D eigenvalue weighted by Crippen LogP contribution is -2.24. The van der Waals surface area contributed by atoms with Crippen molar-refractivity contribution < 1.29 is 23.8 Å². The molecular formula is C13H19O5P. The minimum Gasteiger partial charge on any atom is -0.469 e. The summed E-state index contributed by atoms with van der Waals surface area (Å²) in [6.45, 7) is 3.96. The highest BCUT2D eigenvalue weighted by Gasteiger charge is 2.27. The Balaban J connectivity index is 2.94. The van der Waals surface area contributed by atoms with Crippen molar-refractivity contribution in [2.75, 3.05) is 7.11 Å². The first kappa shape index (κ1) is 16.1. The molecule has 6 heteroatoms. The summed E-state index contributed by atoms with van der Waals surface area (Å²) in [6.07, 6.45) is 0.244. The molecule has 0 aliphatic heterocycles. The zero-order valence-electron chi connectivity index (χ0n) is 11.3. The van der Waals surface area contributed by atoms with Gasteiger partial charge in [-0.05, 0) is 11.1 Å². The smallest absolute Gasteiger partial charge is 0.327 e. The fourth-order valence-corrected chi connectivity index (χ4v) is 2.22. The molecule has 1 aromatic carbocycles. The first-order chi connectivity index (χ1) is 8.86. The van der Waals surface area contributed by atoms with Crippen molar-refractivity contribution in [3.05, 3.63) is 35.4 Å². The summed E-state index contributed by atoms with van der Waals surface area (Å²) in [5, 5.41) is 0. The normalized spacial score (nSPS) is 11.7. The quantitative estimate of drug-likeness (QED) is 0.619. The van der Waals surface area contributed by atoms with E-state index in [0.29, 0.717) is 0 Å². The van der Waals surface area contributed by atoms with Crippen LogP contribution in [-0.4, -0.2) is 22.9 Å². The molecule has 0 saturated heterocycles. The molecule has 2 N–H and O–H groups in total. The summed E-state index contributed by atoms with van der Waals surface area (Å²) in [7, 11) is -1.02. The Hall–Kier alpha value is -1.00. The Morgan fingerprint density at radius 1 is 1.32 bits per heavy atom. The molecule has 0 amide bonds. The fourth-order valence-electron chi connectivity index (χ4n) is 1.96. The minimum absolute atomic E-state index is 0.0967. The van der Waals surface area contributed by atoms with Crippen LogP contribution in [0, 0.1) is 0 Å². The van der Waals surface area contributed by atoms with Gasteiger partial charge in [-0.3, -0.25) is 4.79 Å². The number of ether oxygens (including phenoxy) is 1. The Bertz CT molecular complexity index is 431. The van der Waals surface area contributed by atoms with Crippen LogP contribution in [0.15, 0.2) is 24.3 Å². The molecule has 0 bridgehead atoms. The average Bonchev–Trinajstić information content (AvgIpc) is 2.36. The van der Waals surface area contributed by atoms with E-state index >= 15 is 0 Å². The second-order valence-electron chi connectivity index (χ2n) is 4.82. The molecular weight excluding hydrogens is 267 g/mol. The van der Waals surface area contributed by atoms with Gasteiger partial charge in [0.05, 0.1) is 20.1 Å². The highest BCUT2D eigenvalue weighted by atomic mass is 31.2. The average molecular weight is 286 g/mol. The van der Waals surface area contributed by atoms with Crippen molar-refractivity contribution in [2.45, 2.75) is 32.3 Å². The molecule has 0 heterocycles. The number of carbonyl (C=O) groups is 1. The second-order valence-corrected chi connectivity index (χ2v) is 5.58. The van der Waals surface area contributed by atoms with Gasteiger partial charge in [0, 0.05) is 5.41 Å². The van der Waals surface area contributed by atoms with Crippen LogP contribution in [0.2, 0.25) is 0 Å². The van der Waals surface area contributed by atoms with E-state index in [0.717, 1.165) is 11.1 Å². The van der Waals surface area contributed by atoms with Gasteiger partial charge < -0.3 is 19.0 Å². The number of rotatable bonds is 6. The number of benzene rings is 1. The predicted octanol–water partition coefficient (Wildman–Crippen LogP) is 2.26. The van der Waals surface area contributed by atoms with Crippen molar-refractivity contribution in [3.63, 3.8) is 0 Å². The molecule has 0 aliphatic rings. The van der Waals surface area contributed by atoms with Gasteiger partial charge in [-0.1, -0.05) is 38.1 Å². The lowest BCUT2D eigenvalue weighted by molar-refractivity contribution is -0.141. The van der Waals surface area contributed by atoms with Crippen LogP contribution in [0.4, 0.5) is 0 Å². The maximum atomic E-state index is 11.4. The van der Waals surface area contributed by atoms with Crippen LogP contribution in [0.5, 0.6) is 0 Å². The van der Waals surface area contributed by atoms with Gasteiger partial charge in [-0.15, -0.1) is 0 Å². The molecule has 0 fully saturated rings. The van der Waals surface area contributed by atoms with E-state index in [-0.39, 0.29) is 19.0 Å². The van der Waals surface area contributed by atoms with Crippen molar-refractivity contribution >= 4 is 14.6 Å². The third-order valence-corrected chi connectivity index (χ3v) is 3.26. The highest BCUT2D eigenvalue weighted by Crippen LogP contribution is 2.33. The van der Waals surface area contributed by atoms with E-state index in [1.54, 1.807) is 0 Å². The third kappa shape index (κ3) is 4.88. The Morgan fingerprint density at radius 2 is 1.95 bits per heavy atom. The van der Waals surface area contributed by atoms with Crippen LogP contribution in [0.1, 0.15) is 31.4 Å². The summed E-state index contributed by atoms with van der Waals surface area (Å²) in [4.78, 5) is 29.1. The molecule has 0 aromatic heterocycles. The zero-order chi connectivity index (χ0) is 14.5. The van der Waals surface area contributed by atoms with Crippen LogP contribution < -0.4 is 0 Å². The lowest BCUT2D eigenvalue weighted by atomic mass is 9.79. The number of esters is 1. The molecule has 1 aromatic rings. The number of hydrogen-bond acceptors (Lipinski definition) is 5. The molecule has 1 rings (SSSR count). The van der Waals surface area contributed by atoms with Crippen LogP contribution in [-0.2, 0) is 26.1 Å². The molecule has 19 heavy (non-hydrogen) atoms. The van der Waals surface area contributed by atoms with E-state index < -0.39 is 14.0 Å². The van der Waals surface area contributed by atoms with Crippen LogP contribution >= 0.6 is 8.60 Å².